The molecule has 0 aliphatic carbocycles. The molecule has 0 aliphatic heterocycles. The molecular weight excluding hydrogens is 248 g/mol. The van der Waals surface area contributed by atoms with Gasteiger partial charge in [0.15, 0.2) is 0 Å². The van der Waals surface area contributed by atoms with Gasteiger partial charge in [-0.1, -0.05) is 0 Å². The smallest absolute Gasteiger partial charge is 0.128 e. The lowest BCUT2D eigenvalue weighted by Crippen LogP contribution is -1.94. The molecule has 19 heavy (non-hydrogen) atoms. The average Bonchev–Trinajstić information content (AvgIpc) is 2.70. The minimum absolute atomic E-state index is 0.354. The van der Waals surface area contributed by atoms with Crippen LogP contribution in [0.5, 0.6) is 0 Å². The van der Waals surface area contributed by atoms with Gasteiger partial charge in [-0.2, -0.15) is 0 Å². The van der Waals surface area contributed by atoms with E-state index in [9.17, 15) is 8.78 Å². The van der Waals surface area contributed by atoms with E-state index < -0.39 is 11.6 Å². The van der Waals surface area contributed by atoms with E-state index in [-0.39, 0.29) is 0 Å². The monoisotopic (exact) mass is 259 g/mol. The second-order valence-electron chi connectivity index (χ2n) is 4.34. The molecule has 3 nitrogen and oxygen atoms in total. The van der Waals surface area contributed by atoms with E-state index in [1.165, 1.54) is 12.1 Å². The van der Waals surface area contributed by atoms with Gasteiger partial charge in [-0.25, -0.2) is 8.78 Å². The number of pyridine rings is 1. The third-order valence-electron chi connectivity index (χ3n) is 2.88. The second kappa shape index (κ2) is 4.35. The van der Waals surface area contributed by atoms with Crippen LogP contribution in [0.4, 0.5) is 20.2 Å². The van der Waals surface area contributed by atoms with Crippen molar-refractivity contribution < 1.29 is 8.78 Å². The number of aryl methyl sites for hydroxylation is 1. The summed E-state index contributed by atoms with van der Waals surface area (Å²) < 4.78 is 28.1. The number of nitrogens with zero attached hydrogens (tertiary/aromatic N) is 2. The van der Waals surface area contributed by atoms with Gasteiger partial charge < -0.3 is 9.88 Å². The Morgan fingerprint density at radius 2 is 1.79 bits per heavy atom. The van der Waals surface area contributed by atoms with Crippen LogP contribution in [0.1, 0.15) is 0 Å². The van der Waals surface area contributed by atoms with Crippen molar-refractivity contribution in [2.24, 2.45) is 7.05 Å². The number of fused-ring (bicyclic) bond motifs is 1. The molecule has 96 valence electrons. The summed E-state index contributed by atoms with van der Waals surface area (Å²) in [6, 6.07) is 7.09. The molecule has 0 radical (unpaired) electrons. The Bertz CT molecular complexity index is 729. The molecule has 1 N–H and O–H groups in total. The molecule has 5 heteroatoms. The first-order chi connectivity index (χ1) is 9.11. The molecule has 0 bridgehead atoms. The van der Waals surface area contributed by atoms with Crippen LogP contribution < -0.4 is 5.32 Å². The van der Waals surface area contributed by atoms with Crippen LogP contribution in [0.15, 0.2) is 42.7 Å². The normalized spacial score (nSPS) is 10.9. The maximum atomic E-state index is 13.1. The van der Waals surface area contributed by atoms with E-state index in [1.54, 1.807) is 6.20 Å². The Balaban J connectivity index is 1.98. The summed E-state index contributed by atoms with van der Waals surface area (Å²) in [6.45, 7) is 0. The van der Waals surface area contributed by atoms with Gasteiger partial charge in [-0.05, 0) is 24.3 Å². The molecule has 0 aliphatic rings. The topological polar surface area (TPSA) is 29.9 Å². The maximum absolute atomic E-state index is 13.1. The van der Waals surface area contributed by atoms with Gasteiger partial charge in [0.1, 0.15) is 11.6 Å². The molecule has 1 aromatic carbocycles. The summed E-state index contributed by atoms with van der Waals surface area (Å²) in [7, 11) is 1.91. The largest absolute Gasteiger partial charge is 0.354 e. The van der Waals surface area contributed by atoms with Crippen molar-refractivity contribution in [2.75, 3.05) is 5.32 Å². The molecular formula is C14H11F2N3. The highest BCUT2D eigenvalue weighted by molar-refractivity contribution is 5.80. The fourth-order valence-corrected chi connectivity index (χ4v) is 2.00. The van der Waals surface area contributed by atoms with E-state index in [0.29, 0.717) is 11.4 Å². The summed E-state index contributed by atoms with van der Waals surface area (Å²) >= 11 is 0. The van der Waals surface area contributed by atoms with E-state index in [0.717, 1.165) is 17.1 Å². The second-order valence-corrected chi connectivity index (χ2v) is 4.34. The summed E-state index contributed by atoms with van der Waals surface area (Å²) in [5.74, 6) is -1.23. The van der Waals surface area contributed by atoms with Crippen LogP contribution in [0.25, 0.3) is 11.0 Å². The number of aromatic nitrogens is 2. The number of anilines is 2. The lowest BCUT2D eigenvalue weighted by molar-refractivity contribution is 0.584. The van der Waals surface area contributed by atoms with E-state index in [2.05, 4.69) is 10.3 Å². The summed E-state index contributed by atoms with van der Waals surface area (Å²) in [5.41, 5.74) is 2.85. The lowest BCUT2D eigenvalue weighted by atomic mass is 10.2. The molecule has 0 fully saturated rings. The number of hydrogen-bond acceptors (Lipinski definition) is 2. The van der Waals surface area contributed by atoms with Crippen molar-refractivity contribution in [3.05, 3.63) is 54.4 Å². The van der Waals surface area contributed by atoms with E-state index in [4.69, 9.17) is 0 Å². The van der Waals surface area contributed by atoms with Gasteiger partial charge in [0.2, 0.25) is 0 Å². The lowest BCUT2D eigenvalue weighted by Gasteiger charge is -2.07. The zero-order valence-corrected chi connectivity index (χ0v) is 10.2. The molecule has 3 aromatic rings. The molecule has 0 unspecified atom stereocenters. The third-order valence-corrected chi connectivity index (χ3v) is 2.88. The van der Waals surface area contributed by atoms with Crippen LogP contribution in [0, 0.1) is 11.6 Å². The zero-order valence-electron chi connectivity index (χ0n) is 10.2. The van der Waals surface area contributed by atoms with Crippen LogP contribution in [-0.2, 0) is 7.05 Å². The first kappa shape index (κ1) is 11.6. The molecule has 3 rings (SSSR count). The quantitative estimate of drug-likeness (QED) is 0.762. The Morgan fingerprint density at radius 1 is 1.05 bits per heavy atom. The Kier molecular flexibility index (Phi) is 2.67. The average molecular weight is 259 g/mol. The Morgan fingerprint density at radius 3 is 2.53 bits per heavy atom. The van der Waals surface area contributed by atoms with Crippen molar-refractivity contribution in [2.45, 2.75) is 0 Å². The van der Waals surface area contributed by atoms with Gasteiger partial charge in [0.25, 0.3) is 0 Å². The van der Waals surface area contributed by atoms with Crippen molar-refractivity contribution in [3.8, 4) is 0 Å². The SMILES string of the molecule is Cn1ccc2ncc(Nc3cc(F)cc(F)c3)cc21. The fraction of sp³-hybridized carbons (Fsp3) is 0.0714. The predicted octanol–water partition coefficient (Wildman–Crippen LogP) is 3.60. The first-order valence-corrected chi connectivity index (χ1v) is 5.76. The van der Waals surface area contributed by atoms with Gasteiger partial charge in [-0.15, -0.1) is 0 Å². The van der Waals surface area contributed by atoms with Crippen LogP contribution in [0.3, 0.4) is 0 Å². The summed E-state index contributed by atoms with van der Waals surface area (Å²) in [6.07, 6.45) is 3.54. The molecule has 2 aromatic heterocycles. The van der Waals surface area contributed by atoms with E-state index >= 15 is 0 Å². The Labute approximate surface area is 108 Å². The van der Waals surface area contributed by atoms with Gasteiger partial charge in [0.05, 0.1) is 22.9 Å². The molecule has 0 amide bonds. The van der Waals surface area contributed by atoms with E-state index in [1.807, 2.05) is 29.9 Å². The summed E-state index contributed by atoms with van der Waals surface area (Å²) in [5, 5.41) is 2.94. The van der Waals surface area contributed by atoms with Crippen molar-refractivity contribution in [3.63, 3.8) is 0 Å². The van der Waals surface area contributed by atoms with Gasteiger partial charge in [0, 0.05) is 25.0 Å². The molecule has 0 saturated carbocycles. The van der Waals surface area contributed by atoms with Crippen molar-refractivity contribution in [1.29, 1.82) is 0 Å². The Hall–Kier alpha value is -2.43. The standard InChI is InChI=1S/C14H11F2N3/c1-19-3-2-13-14(19)7-12(8-17-13)18-11-5-9(15)4-10(16)6-11/h2-8,18H,1H3. The van der Waals surface area contributed by atoms with Crippen molar-refractivity contribution in [1.82, 2.24) is 9.55 Å². The number of hydrogen-bond donors (Lipinski definition) is 1. The van der Waals surface area contributed by atoms with Gasteiger partial charge >= 0.3 is 0 Å². The molecule has 0 saturated heterocycles. The summed E-state index contributed by atoms with van der Waals surface area (Å²) in [4.78, 5) is 4.27. The van der Waals surface area contributed by atoms with Gasteiger partial charge in [-0.3, -0.25) is 4.98 Å². The number of benzene rings is 1. The predicted molar refractivity (Wildman–Crippen MR) is 70.4 cm³/mol. The van der Waals surface area contributed by atoms with Crippen molar-refractivity contribution >= 4 is 22.4 Å². The third kappa shape index (κ3) is 2.27. The molecule has 2 heterocycles. The zero-order chi connectivity index (χ0) is 13.4. The molecule has 0 spiro atoms. The minimum Gasteiger partial charge on any atom is -0.354 e. The van der Waals surface area contributed by atoms with Crippen LogP contribution >= 0.6 is 0 Å². The highest BCUT2D eigenvalue weighted by Crippen LogP contribution is 2.22. The number of nitrogens with one attached hydrogen (secondary N) is 1. The number of rotatable bonds is 2. The highest BCUT2D eigenvalue weighted by Gasteiger charge is 2.04. The fourth-order valence-electron chi connectivity index (χ4n) is 2.00. The maximum Gasteiger partial charge on any atom is 0.128 e. The first-order valence-electron chi connectivity index (χ1n) is 5.76. The highest BCUT2D eigenvalue weighted by atomic mass is 19.1. The molecule has 0 atom stereocenters. The van der Waals surface area contributed by atoms with Crippen LogP contribution in [-0.4, -0.2) is 9.55 Å². The number of halogens is 2. The van der Waals surface area contributed by atoms with Crippen LogP contribution in [0.2, 0.25) is 0 Å². The minimum atomic E-state index is -0.615.